The zero-order valence-corrected chi connectivity index (χ0v) is 12.3. The number of hydrogen-bond donors (Lipinski definition) is 0. The minimum Gasteiger partial charge on any atom is -0.267 e. The Labute approximate surface area is 129 Å². The highest BCUT2D eigenvalue weighted by Gasteiger charge is 2.27. The van der Waals surface area contributed by atoms with Gasteiger partial charge in [0.2, 0.25) is 0 Å². The average Bonchev–Trinajstić information content (AvgIpc) is 2.85. The number of rotatable bonds is 3. The van der Waals surface area contributed by atoms with Gasteiger partial charge in [-0.3, -0.25) is 4.79 Å². The molecule has 0 bridgehead atoms. The Morgan fingerprint density at radius 2 is 1.59 bits per heavy atom. The summed E-state index contributed by atoms with van der Waals surface area (Å²) in [4.78, 5) is 12.5. The smallest absolute Gasteiger partial charge is 0.267 e. The fraction of sp³-hybridized carbons (Fsp3) is 0.0526. The van der Waals surface area contributed by atoms with E-state index in [1.54, 1.807) is 0 Å². The zero-order chi connectivity index (χ0) is 15.4. The van der Waals surface area contributed by atoms with Crippen molar-refractivity contribution in [2.45, 2.75) is 6.92 Å². The van der Waals surface area contributed by atoms with Gasteiger partial charge in [0.05, 0.1) is 17.0 Å². The third kappa shape index (κ3) is 2.88. The van der Waals surface area contributed by atoms with E-state index in [0.29, 0.717) is 5.57 Å². The van der Waals surface area contributed by atoms with E-state index in [2.05, 4.69) is 5.10 Å². The Balaban J connectivity index is 1.81. The van der Waals surface area contributed by atoms with E-state index in [1.165, 1.54) is 5.01 Å². The molecule has 3 heteroatoms. The minimum atomic E-state index is -0.0959. The second kappa shape index (κ2) is 6.22. The first-order chi connectivity index (χ1) is 10.8. The Kier molecular flexibility index (Phi) is 3.97. The molecule has 22 heavy (non-hydrogen) atoms. The predicted molar refractivity (Wildman–Crippen MR) is 90.6 cm³/mol. The largest absolute Gasteiger partial charge is 0.280 e. The molecular weight excluding hydrogens is 272 g/mol. The number of amides is 1. The molecule has 2 aromatic rings. The SMILES string of the molecule is CC1=NN(c2ccccc2)C(=O)/C1=C/C=C\c1ccccc1. The molecular formula is C19H16N2O. The van der Waals surface area contributed by atoms with Crippen LogP contribution >= 0.6 is 0 Å². The lowest BCUT2D eigenvalue weighted by Crippen LogP contribution is -2.21. The fourth-order valence-corrected chi connectivity index (χ4v) is 2.27. The van der Waals surface area contributed by atoms with Gasteiger partial charge in [-0.2, -0.15) is 10.1 Å². The van der Waals surface area contributed by atoms with Crippen LogP contribution in [0, 0.1) is 0 Å². The molecule has 0 N–H and O–H groups in total. The van der Waals surface area contributed by atoms with Crippen molar-refractivity contribution in [3.05, 3.63) is 84.0 Å². The quantitative estimate of drug-likeness (QED) is 0.784. The number of nitrogens with zero attached hydrogens (tertiary/aromatic N) is 2. The van der Waals surface area contributed by atoms with Crippen LogP contribution in [-0.4, -0.2) is 11.6 Å². The van der Waals surface area contributed by atoms with Gasteiger partial charge >= 0.3 is 0 Å². The van der Waals surface area contributed by atoms with Gasteiger partial charge in [-0.15, -0.1) is 0 Å². The number of para-hydroxylation sites is 1. The van der Waals surface area contributed by atoms with Crippen molar-refractivity contribution in [3.8, 4) is 0 Å². The summed E-state index contributed by atoms with van der Waals surface area (Å²) >= 11 is 0. The van der Waals surface area contributed by atoms with Crippen LogP contribution in [0.5, 0.6) is 0 Å². The van der Waals surface area contributed by atoms with Gasteiger partial charge in [-0.05, 0) is 30.7 Å². The molecule has 3 nitrogen and oxygen atoms in total. The van der Waals surface area contributed by atoms with E-state index >= 15 is 0 Å². The van der Waals surface area contributed by atoms with Crippen LogP contribution < -0.4 is 5.01 Å². The van der Waals surface area contributed by atoms with E-state index in [9.17, 15) is 4.79 Å². The number of hydrazone groups is 1. The summed E-state index contributed by atoms with van der Waals surface area (Å²) in [5.74, 6) is -0.0959. The highest BCUT2D eigenvalue weighted by Crippen LogP contribution is 2.23. The number of benzene rings is 2. The van der Waals surface area contributed by atoms with Crippen LogP contribution in [-0.2, 0) is 4.79 Å². The van der Waals surface area contributed by atoms with Crippen molar-refractivity contribution >= 4 is 23.4 Å². The monoisotopic (exact) mass is 288 g/mol. The summed E-state index contributed by atoms with van der Waals surface area (Å²) in [5, 5.41) is 5.79. The highest BCUT2D eigenvalue weighted by molar-refractivity contribution is 6.29. The molecule has 1 heterocycles. The van der Waals surface area contributed by atoms with Gasteiger partial charge in [-0.1, -0.05) is 60.7 Å². The summed E-state index contributed by atoms with van der Waals surface area (Å²) in [7, 11) is 0. The van der Waals surface area contributed by atoms with E-state index in [4.69, 9.17) is 0 Å². The third-order valence-corrected chi connectivity index (χ3v) is 3.41. The maximum absolute atomic E-state index is 12.5. The second-order valence-electron chi connectivity index (χ2n) is 4.99. The molecule has 0 saturated heterocycles. The van der Waals surface area contributed by atoms with Crippen LogP contribution in [0.3, 0.4) is 0 Å². The number of carbonyl (C=O) groups excluding carboxylic acids is 1. The van der Waals surface area contributed by atoms with Gasteiger partial charge in [0, 0.05) is 0 Å². The lowest BCUT2D eigenvalue weighted by molar-refractivity contribution is -0.114. The van der Waals surface area contributed by atoms with Crippen LogP contribution in [0.4, 0.5) is 5.69 Å². The molecule has 108 valence electrons. The maximum Gasteiger partial charge on any atom is 0.280 e. The zero-order valence-electron chi connectivity index (χ0n) is 12.3. The molecule has 2 aromatic carbocycles. The first-order valence-corrected chi connectivity index (χ1v) is 7.14. The Hall–Kier alpha value is -2.94. The normalized spacial score (nSPS) is 16.6. The van der Waals surface area contributed by atoms with Crippen LogP contribution in [0.15, 0.2) is 83.5 Å². The van der Waals surface area contributed by atoms with Gasteiger partial charge in [0.1, 0.15) is 0 Å². The van der Waals surface area contributed by atoms with Crippen molar-refractivity contribution in [1.29, 1.82) is 0 Å². The molecule has 0 radical (unpaired) electrons. The van der Waals surface area contributed by atoms with Crippen molar-refractivity contribution in [2.75, 3.05) is 5.01 Å². The van der Waals surface area contributed by atoms with E-state index in [1.807, 2.05) is 85.8 Å². The Morgan fingerprint density at radius 3 is 2.27 bits per heavy atom. The number of anilines is 1. The van der Waals surface area contributed by atoms with Gasteiger partial charge in [-0.25, -0.2) is 0 Å². The van der Waals surface area contributed by atoms with Gasteiger partial charge in [0.15, 0.2) is 0 Å². The van der Waals surface area contributed by atoms with E-state index in [0.717, 1.165) is 17.0 Å². The molecule has 1 aliphatic rings. The van der Waals surface area contributed by atoms with Crippen LogP contribution in [0.25, 0.3) is 6.08 Å². The Morgan fingerprint density at radius 1 is 0.955 bits per heavy atom. The first kappa shape index (κ1) is 14.0. The highest BCUT2D eigenvalue weighted by atomic mass is 16.2. The predicted octanol–water partition coefficient (Wildman–Crippen LogP) is 4.05. The summed E-state index contributed by atoms with van der Waals surface area (Å²) < 4.78 is 0. The molecule has 0 saturated carbocycles. The Bertz CT molecular complexity index is 759. The summed E-state index contributed by atoms with van der Waals surface area (Å²) in [5.41, 5.74) is 3.23. The molecule has 0 atom stereocenters. The standard InChI is InChI=1S/C19H16N2O/c1-15-18(14-8-11-16-9-4-2-5-10-16)19(22)21(20-15)17-12-6-3-7-13-17/h2-14H,1H3/b11-8-,18-14+. The molecule has 0 fully saturated rings. The number of carbonyl (C=O) groups is 1. The van der Waals surface area contributed by atoms with Gasteiger partial charge < -0.3 is 0 Å². The minimum absolute atomic E-state index is 0.0959. The molecule has 1 amide bonds. The lowest BCUT2D eigenvalue weighted by atomic mass is 10.1. The average molecular weight is 288 g/mol. The number of allylic oxidation sites excluding steroid dienone is 2. The van der Waals surface area contributed by atoms with E-state index in [-0.39, 0.29) is 5.91 Å². The summed E-state index contributed by atoms with van der Waals surface area (Å²) in [6, 6.07) is 19.4. The molecule has 1 aliphatic heterocycles. The topological polar surface area (TPSA) is 32.7 Å². The summed E-state index contributed by atoms with van der Waals surface area (Å²) in [6.45, 7) is 1.85. The molecule has 0 aromatic heterocycles. The molecule has 0 aliphatic carbocycles. The fourth-order valence-electron chi connectivity index (χ4n) is 2.27. The molecule has 0 spiro atoms. The van der Waals surface area contributed by atoms with Crippen molar-refractivity contribution in [2.24, 2.45) is 5.10 Å². The van der Waals surface area contributed by atoms with Crippen LogP contribution in [0.1, 0.15) is 12.5 Å². The van der Waals surface area contributed by atoms with Gasteiger partial charge in [0.25, 0.3) is 5.91 Å². The second-order valence-corrected chi connectivity index (χ2v) is 4.99. The molecule has 0 unspecified atom stereocenters. The van der Waals surface area contributed by atoms with Crippen molar-refractivity contribution < 1.29 is 4.79 Å². The van der Waals surface area contributed by atoms with Crippen molar-refractivity contribution in [3.63, 3.8) is 0 Å². The molecule has 3 rings (SSSR count). The van der Waals surface area contributed by atoms with Crippen LogP contribution in [0.2, 0.25) is 0 Å². The summed E-state index contributed by atoms with van der Waals surface area (Å²) in [6.07, 6.45) is 5.67. The lowest BCUT2D eigenvalue weighted by Gasteiger charge is -2.10. The third-order valence-electron chi connectivity index (χ3n) is 3.41. The number of hydrogen-bond acceptors (Lipinski definition) is 2. The maximum atomic E-state index is 12.5. The first-order valence-electron chi connectivity index (χ1n) is 7.14. The van der Waals surface area contributed by atoms with Crippen molar-refractivity contribution in [1.82, 2.24) is 0 Å². The van der Waals surface area contributed by atoms with E-state index < -0.39 is 0 Å².